The molecule has 2 aliphatic heterocycles. The van der Waals surface area contributed by atoms with Gasteiger partial charge in [0, 0.05) is 31.5 Å². The Morgan fingerprint density at radius 2 is 1.63 bits per heavy atom. The number of nitrogens with zero attached hydrogens (tertiary/aromatic N) is 1. The largest absolute Gasteiger partial charge is 0.347 e. The summed E-state index contributed by atoms with van der Waals surface area (Å²) in [6.45, 7) is 10.5. The van der Waals surface area contributed by atoms with Gasteiger partial charge < -0.3 is 19.7 Å². The van der Waals surface area contributed by atoms with Crippen molar-refractivity contribution in [2.75, 3.05) is 26.3 Å². The number of amides is 2. The molecule has 2 fully saturated rings. The first-order chi connectivity index (χ1) is 12.7. The van der Waals surface area contributed by atoms with Crippen LogP contribution in [0.25, 0.3) is 0 Å². The minimum atomic E-state index is -0.570. The van der Waals surface area contributed by atoms with Gasteiger partial charge >= 0.3 is 0 Å². The maximum atomic E-state index is 12.7. The Hall–Kier alpha value is -1.92. The van der Waals surface area contributed by atoms with E-state index in [1.54, 1.807) is 11.8 Å². The van der Waals surface area contributed by atoms with Crippen molar-refractivity contribution in [1.82, 2.24) is 10.2 Å². The SMILES string of the molecule is CC(NC(=O)c1ccc(C(C)(C)C)cc1)C(=O)N1CCC2(CC1)OCCO2. The number of piperidine rings is 1. The number of hydrogen-bond donors (Lipinski definition) is 1. The van der Waals surface area contributed by atoms with E-state index >= 15 is 0 Å². The highest BCUT2D eigenvalue weighted by molar-refractivity contribution is 5.97. The van der Waals surface area contributed by atoms with E-state index in [-0.39, 0.29) is 17.2 Å². The highest BCUT2D eigenvalue weighted by atomic mass is 16.7. The molecule has 0 aromatic heterocycles. The molecule has 6 heteroatoms. The van der Waals surface area contributed by atoms with Gasteiger partial charge in [-0.1, -0.05) is 32.9 Å². The quantitative estimate of drug-likeness (QED) is 0.883. The highest BCUT2D eigenvalue weighted by Crippen LogP contribution is 2.31. The molecular weight excluding hydrogens is 344 g/mol. The monoisotopic (exact) mass is 374 g/mol. The van der Waals surface area contributed by atoms with Crippen molar-refractivity contribution < 1.29 is 19.1 Å². The highest BCUT2D eigenvalue weighted by Gasteiger charge is 2.41. The van der Waals surface area contributed by atoms with Gasteiger partial charge in [-0.05, 0) is 30.0 Å². The molecule has 6 nitrogen and oxygen atoms in total. The summed E-state index contributed by atoms with van der Waals surface area (Å²) in [4.78, 5) is 27.0. The van der Waals surface area contributed by atoms with E-state index in [1.165, 1.54) is 5.56 Å². The first-order valence-corrected chi connectivity index (χ1v) is 9.68. The van der Waals surface area contributed by atoms with Gasteiger partial charge in [0.2, 0.25) is 5.91 Å². The summed E-state index contributed by atoms with van der Waals surface area (Å²) in [5.74, 6) is -0.798. The van der Waals surface area contributed by atoms with Gasteiger partial charge in [0.05, 0.1) is 13.2 Å². The molecule has 2 saturated heterocycles. The molecule has 2 heterocycles. The summed E-state index contributed by atoms with van der Waals surface area (Å²) in [7, 11) is 0. The maximum absolute atomic E-state index is 12.7. The van der Waals surface area contributed by atoms with Gasteiger partial charge in [-0.2, -0.15) is 0 Å². The van der Waals surface area contributed by atoms with Crippen molar-refractivity contribution in [3.05, 3.63) is 35.4 Å². The molecule has 0 aliphatic carbocycles. The predicted octanol–water partition coefficient (Wildman–Crippen LogP) is 2.47. The van der Waals surface area contributed by atoms with Crippen molar-refractivity contribution in [3.63, 3.8) is 0 Å². The van der Waals surface area contributed by atoms with Gasteiger partial charge in [-0.3, -0.25) is 9.59 Å². The lowest BCUT2D eigenvalue weighted by molar-refractivity contribution is -0.187. The van der Waals surface area contributed by atoms with Crippen molar-refractivity contribution in [2.45, 2.75) is 57.8 Å². The maximum Gasteiger partial charge on any atom is 0.251 e. The second-order valence-corrected chi connectivity index (χ2v) is 8.46. The van der Waals surface area contributed by atoms with Gasteiger partial charge in [-0.15, -0.1) is 0 Å². The van der Waals surface area contributed by atoms with E-state index < -0.39 is 11.8 Å². The molecule has 1 unspecified atom stereocenters. The fraction of sp³-hybridized carbons (Fsp3) is 0.619. The number of ether oxygens (including phenoxy) is 2. The number of carbonyl (C=O) groups is 2. The molecule has 0 radical (unpaired) electrons. The minimum Gasteiger partial charge on any atom is -0.347 e. The number of hydrogen-bond acceptors (Lipinski definition) is 4. The average molecular weight is 374 g/mol. The molecule has 148 valence electrons. The molecule has 0 saturated carbocycles. The second kappa shape index (κ2) is 7.60. The van der Waals surface area contributed by atoms with Gasteiger partial charge in [0.1, 0.15) is 6.04 Å². The van der Waals surface area contributed by atoms with Crippen molar-refractivity contribution in [2.24, 2.45) is 0 Å². The molecule has 1 aromatic carbocycles. The summed E-state index contributed by atoms with van der Waals surface area (Å²) >= 11 is 0. The number of nitrogens with one attached hydrogen (secondary N) is 1. The zero-order valence-corrected chi connectivity index (χ0v) is 16.7. The summed E-state index contributed by atoms with van der Waals surface area (Å²) in [5.41, 5.74) is 1.77. The Morgan fingerprint density at radius 3 is 2.15 bits per heavy atom. The van der Waals surface area contributed by atoms with Gasteiger partial charge in [0.25, 0.3) is 5.91 Å². The van der Waals surface area contributed by atoms with Crippen LogP contribution in [0.1, 0.15) is 56.5 Å². The van der Waals surface area contributed by atoms with Crippen molar-refractivity contribution in [1.29, 1.82) is 0 Å². The lowest BCUT2D eigenvalue weighted by atomic mass is 9.86. The van der Waals surface area contributed by atoms with Gasteiger partial charge in [0.15, 0.2) is 5.79 Å². The minimum absolute atomic E-state index is 0.0383. The summed E-state index contributed by atoms with van der Waals surface area (Å²) in [5, 5.41) is 2.82. The van der Waals surface area contributed by atoms with E-state index in [1.807, 2.05) is 24.3 Å². The van der Waals surface area contributed by atoms with E-state index in [2.05, 4.69) is 26.1 Å². The lowest BCUT2D eigenvalue weighted by Crippen LogP contribution is -2.52. The summed E-state index contributed by atoms with van der Waals surface area (Å²) in [6.07, 6.45) is 1.35. The van der Waals surface area contributed by atoms with Gasteiger partial charge in [-0.25, -0.2) is 0 Å². The Labute approximate surface area is 161 Å². The Kier molecular flexibility index (Phi) is 5.58. The molecule has 0 bridgehead atoms. The third-order valence-corrected chi connectivity index (χ3v) is 5.38. The molecule has 2 aliphatic rings. The van der Waals surface area contributed by atoms with Crippen LogP contribution in [0.4, 0.5) is 0 Å². The van der Waals surface area contributed by atoms with Crippen molar-refractivity contribution in [3.8, 4) is 0 Å². The standard InChI is InChI=1S/C21H30N2O4/c1-15(19(25)23-11-9-21(10-12-23)26-13-14-27-21)22-18(24)16-5-7-17(8-6-16)20(2,3)4/h5-8,15H,9-14H2,1-4H3,(H,22,24). The Balaban J connectivity index is 1.54. The second-order valence-electron chi connectivity index (χ2n) is 8.46. The van der Waals surface area contributed by atoms with Crippen LogP contribution in [0.3, 0.4) is 0 Å². The van der Waals surface area contributed by atoms with E-state index in [0.717, 1.165) is 0 Å². The predicted molar refractivity (Wildman–Crippen MR) is 103 cm³/mol. The zero-order chi connectivity index (χ0) is 19.7. The number of rotatable bonds is 3. The average Bonchev–Trinajstić information content (AvgIpc) is 3.09. The lowest BCUT2D eigenvalue weighted by Gasteiger charge is -2.38. The molecule has 1 N–H and O–H groups in total. The first kappa shape index (κ1) is 19.8. The fourth-order valence-corrected chi connectivity index (χ4v) is 3.59. The molecule has 3 rings (SSSR count). The third-order valence-electron chi connectivity index (χ3n) is 5.38. The molecule has 2 amide bonds. The van der Waals surface area contributed by atoms with E-state index in [0.29, 0.717) is 44.7 Å². The zero-order valence-electron chi connectivity index (χ0n) is 16.7. The van der Waals surface area contributed by atoms with Crippen LogP contribution in [0.2, 0.25) is 0 Å². The summed E-state index contributed by atoms with van der Waals surface area (Å²) in [6, 6.07) is 6.98. The normalized spacial score (nSPS) is 20.5. The van der Waals surface area contributed by atoms with Crippen molar-refractivity contribution >= 4 is 11.8 Å². The molecule has 27 heavy (non-hydrogen) atoms. The number of benzene rings is 1. The topological polar surface area (TPSA) is 67.9 Å². The summed E-state index contributed by atoms with van der Waals surface area (Å²) < 4.78 is 11.4. The number of carbonyl (C=O) groups excluding carboxylic acids is 2. The van der Waals surface area contributed by atoms with Crippen LogP contribution < -0.4 is 5.32 Å². The molecule has 1 spiro atoms. The molecule has 1 aromatic rings. The van der Waals surface area contributed by atoms with Crippen LogP contribution >= 0.6 is 0 Å². The third kappa shape index (κ3) is 4.50. The Morgan fingerprint density at radius 1 is 1.07 bits per heavy atom. The van der Waals surface area contributed by atoms with E-state index in [4.69, 9.17) is 9.47 Å². The van der Waals surface area contributed by atoms with Crippen LogP contribution in [-0.4, -0.2) is 54.8 Å². The molecular formula is C21H30N2O4. The Bertz CT molecular complexity index is 677. The molecule has 1 atom stereocenters. The number of likely N-dealkylation sites (tertiary alicyclic amines) is 1. The first-order valence-electron chi connectivity index (χ1n) is 9.68. The van der Waals surface area contributed by atoms with E-state index in [9.17, 15) is 9.59 Å². The van der Waals surface area contributed by atoms with Crippen LogP contribution in [-0.2, 0) is 19.7 Å². The van der Waals surface area contributed by atoms with Crippen LogP contribution in [0, 0.1) is 0 Å². The smallest absolute Gasteiger partial charge is 0.251 e. The fourth-order valence-electron chi connectivity index (χ4n) is 3.59. The van der Waals surface area contributed by atoms with Crippen LogP contribution in [0.15, 0.2) is 24.3 Å². The van der Waals surface area contributed by atoms with Crippen LogP contribution in [0.5, 0.6) is 0 Å².